The standard InChI is InChI=1S/C59H92N8O12/c1-14-48-59(10,73)52(69)40(6)65(12)33-36(2)31-57(8,72)54(38(4)51(39(5)55(71)77-48)78-49-32-58(9,74-13)53(70)41(7)76-49)79-56-50(68)47(30-37(3)75-56)64(11)29-27-44-34-66(62-60-44)28-19-18-20-42-23-25-45(26-24-42)67-35-46(61-63-67)43-21-16-15-17-22-43/h15-17,21-26,34-41,47-54,56,68-70,72-73H,14,18-20,27-33H2,1-13H3/t36-,37-,38+,39-,40-,41+,47+,48-,49+,50-,51+,52-,53+,54-,56+,57-,58-,59-/m1/s1. The lowest BCUT2D eigenvalue weighted by atomic mass is 9.77. The van der Waals surface area contributed by atoms with E-state index in [0.717, 1.165) is 48.4 Å². The number of esters is 1. The molecule has 0 spiro atoms. The number of carbonyl (C=O) groups excluding carboxylic acids is 1. The van der Waals surface area contributed by atoms with Crippen LogP contribution in [0.5, 0.6) is 0 Å². The van der Waals surface area contributed by atoms with Crippen molar-refractivity contribution in [2.45, 2.75) is 217 Å². The summed E-state index contributed by atoms with van der Waals surface area (Å²) in [7, 11) is 5.32. The molecule has 5 N–H and O–H groups in total. The third-order valence-corrected chi connectivity index (χ3v) is 17.3. The zero-order chi connectivity index (χ0) is 57.6. The van der Waals surface area contributed by atoms with Gasteiger partial charge in [-0.25, -0.2) is 4.68 Å². The Kier molecular flexibility index (Phi) is 21.1. The first-order valence-corrected chi connectivity index (χ1v) is 28.6. The highest BCUT2D eigenvalue weighted by molar-refractivity contribution is 5.73. The summed E-state index contributed by atoms with van der Waals surface area (Å²) in [6.45, 7) is 19.4. The van der Waals surface area contributed by atoms with Gasteiger partial charge in [0.1, 0.15) is 35.7 Å². The Bertz CT molecular complexity index is 2510. The first-order valence-electron chi connectivity index (χ1n) is 28.6. The van der Waals surface area contributed by atoms with Gasteiger partial charge in [0.25, 0.3) is 0 Å². The van der Waals surface area contributed by atoms with E-state index in [2.05, 4.69) is 49.8 Å². The first-order chi connectivity index (χ1) is 37.3. The molecule has 0 aliphatic carbocycles. The Labute approximate surface area is 467 Å². The van der Waals surface area contributed by atoms with E-state index in [1.807, 2.05) is 87.2 Å². The van der Waals surface area contributed by atoms with Crippen molar-refractivity contribution in [2.24, 2.45) is 17.8 Å². The van der Waals surface area contributed by atoms with Crippen molar-refractivity contribution in [1.29, 1.82) is 0 Å². The van der Waals surface area contributed by atoms with Gasteiger partial charge in [-0.3, -0.25) is 9.48 Å². The maximum Gasteiger partial charge on any atom is 0.311 e. The van der Waals surface area contributed by atoms with Gasteiger partial charge in [0.2, 0.25) is 0 Å². The van der Waals surface area contributed by atoms with Crippen LogP contribution in [0.3, 0.4) is 0 Å². The summed E-state index contributed by atoms with van der Waals surface area (Å²) in [5.74, 6) is -2.76. The Hall–Kier alpha value is -4.29. The van der Waals surface area contributed by atoms with E-state index in [1.165, 1.54) is 19.6 Å². The number of aromatic nitrogens is 6. The van der Waals surface area contributed by atoms with Crippen molar-refractivity contribution in [3.63, 3.8) is 0 Å². The normalized spacial score (nSPS) is 36.6. The van der Waals surface area contributed by atoms with Gasteiger partial charge in [0, 0.05) is 69.3 Å². The van der Waals surface area contributed by atoms with Crippen LogP contribution < -0.4 is 0 Å². The quantitative estimate of drug-likeness (QED) is 0.0659. The molecule has 20 nitrogen and oxygen atoms in total. The molecule has 2 aromatic carbocycles. The van der Waals surface area contributed by atoms with E-state index in [0.29, 0.717) is 25.9 Å². The molecule has 5 heterocycles. The summed E-state index contributed by atoms with van der Waals surface area (Å²) in [6.07, 6.45) is -1.62. The number of hydrogen-bond acceptors (Lipinski definition) is 18. The molecular formula is C59H92N8O12. The SMILES string of the molecule is CC[C@H]1OC(=O)[C@H](C)[C@@H](O[C@H]2C[C@@](C)(OC)[C@@H](O)[C@H](C)O2)[C@H](C)[C@@H](O[C@@H]2O[C@H](C)C[C@H](N(C)CCc3cn(CCCCc4ccc(-n5cc(-c6ccccc6)nn5)cc4)nn3)[C@H]2O)[C@](C)(O)C[C@@H](C)CN(C)[C@H](C)[C@@H](O)[C@]1(C)O. The summed E-state index contributed by atoms with van der Waals surface area (Å²) < 4.78 is 42.1. The number of unbranched alkanes of at least 4 members (excludes halogenated alkanes) is 1. The lowest BCUT2D eigenvalue weighted by molar-refractivity contribution is -0.318. The average molecular weight is 1110 g/mol. The molecule has 3 aliphatic heterocycles. The van der Waals surface area contributed by atoms with Gasteiger partial charge in [-0.05, 0) is 125 Å². The van der Waals surface area contributed by atoms with Crippen molar-refractivity contribution in [3.05, 3.63) is 78.2 Å². The van der Waals surface area contributed by atoms with E-state index in [9.17, 15) is 30.3 Å². The van der Waals surface area contributed by atoms with Gasteiger partial charge in [-0.2, -0.15) is 0 Å². The second kappa shape index (κ2) is 26.7. The summed E-state index contributed by atoms with van der Waals surface area (Å²) in [5, 5.41) is 77.5. The number of ether oxygens (including phenoxy) is 6. The number of aliphatic hydroxyl groups is 5. The lowest BCUT2D eigenvalue weighted by Crippen LogP contribution is -2.61. The van der Waals surface area contributed by atoms with Crippen LogP contribution in [0.25, 0.3) is 16.9 Å². The molecule has 2 aromatic heterocycles. The summed E-state index contributed by atoms with van der Waals surface area (Å²) in [5.41, 5.74) is 0.360. The number of aryl methyl sites for hydroxylation is 2. The predicted octanol–water partition coefficient (Wildman–Crippen LogP) is 5.38. The van der Waals surface area contributed by atoms with Crippen molar-refractivity contribution < 1.29 is 58.7 Å². The molecule has 20 heteroatoms. The van der Waals surface area contributed by atoms with Crippen LogP contribution >= 0.6 is 0 Å². The van der Waals surface area contributed by atoms with Gasteiger partial charge < -0.3 is 63.8 Å². The van der Waals surface area contributed by atoms with Crippen LogP contribution in [-0.4, -0.2) is 196 Å². The maximum absolute atomic E-state index is 14.5. The number of benzene rings is 2. The molecule has 0 amide bonds. The van der Waals surface area contributed by atoms with E-state index in [-0.39, 0.29) is 31.3 Å². The smallest absolute Gasteiger partial charge is 0.311 e. The highest BCUT2D eigenvalue weighted by Gasteiger charge is 2.53. The predicted molar refractivity (Wildman–Crippen MR) is 297 cm³/mol. The van der Waals surface area contributed by atoms with Crippen molar-refractivity contribution in [2.75, 3.05) is 34.3 Å². The minimum Gasteiger partial charge on any atom is -0.459 e. The highest BCUT2D eigenvalue weighted by atomic mass is 16.7. The van der Waals surface area contributed by atoms with Crippen LogP contribution in [0.15, 0.2) is 67.0 Å². The number of aliphatic hydroxyl groups excluding tert-OH is 3. The minimum absolute atomic E-state index is 0.105. The van der Waals surface area contributed by atoms with Gasteiger partial charge in [0.05, 0.1) is 59.1 Å². The number of likely N-dealkylation sites (N-methyl/N-ethyl adjacent to an activating group) is 2. The van der Waals surface area contributed by atoms with Crippen molar-refractivity contribution in [1.82, 2.24) is 39.8 Å². The van der Waals surface area contributed by atoms with Gasteiger partial charge in [-0.15, -0.1) is 10.2 Å². The number of hydrogen-bond donors (Lipinski definition) is 5. The van der Waals surface area contributed by atoms with Gasteiger partial charge in [-0.1, -0.05) is 73.7 Å². The monoisotopic (exact) mass is 1100 g/mol. The van der Waals surface area contributed by atoms with E-state index in [4.69, 9.17) is 28.4 Å². The molecule has 7 rings (SSSR count). The molecule has 0 bridgehead atoms. The molecule has 79 heavy (non-hydrogen) atoms. The molecule has 3 saturated heterocycles. The molecule has 3 fully saturated rings. The van der Waals surface area contributed by atoms with Gasteiger partial charge in [0.15, 0.2) is 12.6 Å². The number of cyclic esters (lactones) is 1. The Morgan fingerprint density at radius 2 is 1.56 bits per heavy atom. The Morgan fingerprint density at radius 3 is 2.24 bits per heavy atom. The third-order valence-electron chi connectivity index (χ3n) is 17.3. The molecule has 0 radical (unpaired) electrons. The molecule has 4 aromatic rings. The maximum atomic E-state index is 14.5. The average Bonchev–Trinajstić information content (AvgIpc) is 4.18. The Balaban J connectivity index is 1.03. The molecule has 440 valence electrons. The number of rotatable bonds is 17. The molecule has 18 atom stereocenters. The fourth-order valence-electron chi connectivity index (χ4n) is 12.2. The summed E-state index contributed by atoms with van der Waals surface area (Å²) in [6, 6.07) is 17.4. The summed E-state index contributed by atoms with van der Waals surface area (Å²) >= 11 is 0. The zero-order valence-electron chi connectivity index (χ0n) is 49.0. The van der Waals surface area contributed by atoms with E-state index < -0.39 is 102 Å². The van der Waals surface area contributed by atoms with Crippen LogP contribution in [0, 0.1) is 17.8 Å². The molecule has 3 aliphatic rings. The number of nitrogens with zero attached hydrogens (tertiary/aromatic N) is 8. The fraction of sp³-hybridized carbons (Fsp3) is 0.712. The topological polar surface area (TPSA) is 242 Å². The van der Waals surface area contributed by atoms with Crippen molar-refractivity contribution in [3.8, 4) is 16.9 Å². The zero-order valence-corrected chi connectivity index (χ0v) is 49.0. The first kappa shape index (κ1) is 62.3. The molecule has 0 saturated carbocycles. The fourth-order valence-corrected chi connectivity index (χ4v) is 12.2. The second-order valence-corrected chi connectivity index (χ2v) is 23.9. The third kappa shape index (κ3) is 15.0. The molecular weight excluding hydrogens is 1010 g/mol. The minimum atomic E-state index is -1.84. The summed E-state index contributed by atoms with van der Waals surface area (Å²) in [4.78, 5) is 18.5. The van der Waals surface area contributed by atoms with E-state index in [1.54, 1.807) is 46.2 Å². The number of methoxy groups -OCH3 is 1. The van der Waals surface area contributed by atoms with Crippen LogP contribution in [0.1, 0.15) is 119 Å². The Morgan fingerprint density at radius 1 is 0.848 bits per heavy atom. The van der Waals surface area contributed by atoms with Gasteiger partial charge >= 0.3 is 5.97 Å². The highest BCUT2D eigenvalue weighted by Crippen LogP contribution is 2.40. The largest absolute Gasteiger partial charge is 0.459 e. The lowest BCUT2D eigenvalue weighted by Gasteiger charge is -2.49. The van der Waals surface area contributed by atoms with Crippen molar-refractivity contribution >= 4 is 5.97 Å². The van der Waals surface area contributed by atoms with Crippen LogP contribution in [-0.2, 0) is 52.6 Å². The molecule has 0 unspecified atom stereocenters. The van der Waals surface area contributed by atoms with Crippen LogP contribution in [0.4, 0.5) is 0 Å². The van der Waals surface area contributed by atoms with Crippen LogP contribution in [0.2, 0.25) is 0 Å². The number of carbonyl (C=O) groups is 1. The second-order valence-electron chi connectivity index (χ2n) is 23.9. The van der Waals surface area contributed by atoms with E-state index >= 15 is 0 Å².